The fourth-order valence-corrected chi connectivity index (χ4v) is 5.80. The van der Waals surface area contributed by atoms with E-state index in [1.807, 2.05) is 0 Å². The predicted molar refractivity (Wildman–Crippen MR) is 139 cm³/mol. The van der Waals surface area contributed by atoms with E-state index in [-0.39, 0.29) is 16.7 Å². The fraction of sp³-hybridized carbons (Fsp3) is 0.286. The molecule has 0 heterocycles. The largest absolute Gasteiger partial charge is 0.488 e. The molecule has 0 aromatic heterocycles. The summed E-state index contributed by atoms with van der Waals surface area (Å²) in [6, 6.07) is 14.2. The number of primary amides is 1. The van der Waals surface area contributed by atoms with Crippen molar-refractivity contribution in [1.82, 2.24) is 0 Å². The molecule has 0 bridgehead atoms. The summed E-state index contributed by atoms with van der Waals surface area (Å²) in [6.07, 6.45) is 1.91. The van der Waals surface area contributed by atoms with Gasteiger partial charge in [-0.15, -0.1) is 0 Å². The summed E-state index contributed by atoms with van der Waals surface area (Å²) < 4.78 is 21.0. The maximum atomic E-state index is 14.5. The number of nitrogens with zero attached hydrogens (tertiary/aromatic N) is 1. The zero-order chi connectivity index (χ0) is 25.7. The molecule has 2 fully saturated rings. The van der Waals surface area contributed by atoms with Crippen LogP contribution in [0.2, 0.25) is 10.0 Å². The first-order valence-corrected chi connectivity index (χ1v) is 12.5. The molecule has 2 unspecified atom stereocenters. The molecule has 2 amide bonds. The number of benzene rings is 3. The first kappa shape index (κ1) is 24.6. The Hall–Kier alpha value is -3.09. The Morgan fingerprint density at radius 3 is 2.42 bits per heavy atom. The van der Waals surface area contributed by atoms with Crippen molar-refractivity contribution in [2.24, 2.45) is 23.5 Å². The molecule has 5 nitrogen and oxygen atoms in total. The van der Waals surface area contributed by atoms with Crippen LogP contribution in [0.15, 0.2) is 54.6 Å². The minimum Gasteiger partial charge on any atom is -0.488 e. The van der Waals surface area contributed by atoms with Gasteiger partial charge in [-0.25, -0.2) is 4.39 Å². The van der Waals surface area contributed by atoms with E-state index >= 15 is 0 Å². The van der Waals surface area contributed by atoms with Gasteiger partial charge in [0.2, 0.25) is 5.91 Å². The van der Waals surface area contributed by atoms with Gasteiger partial charge in [0, 0.05) is 23.2 Å². The van der Waals surface area contributed by atoms with Gasteiger partial charge < -0.3 is 15.4 Å². The molecule has 186 valence electrons. The Bertz CT molecular complexity index is 1350. The van der Waals surface area contributed by atoms with Gasteiger partial charge >= 0.3 is 0 Å². The molecule has 3 aromatic carbocycles. The van der Waals surface area contributed by atoms with E-state index in [2.05, 4.69) is 6.92 Å². The molecule has 36 heavy (non-hydrogen) atoms. The van der Waals surface area contributed by atoms with Crippen LogP contribution in [0.4, 0.5) is 10.1 Å². The minimum absolute atomic E-state index is 0.0122. The third kappa shape index (κ3) is 4.44. The minimum atomic E-state index is -0.696. The van der Waals surface area contributed by atoms with Crippen molar-refractivity contribution in [2.45, 2.75) is 25.9 Å². The molecule has 2 aliphatic carbocycles. The number of hydrogen-bond acceptors (Lipinski definition) is 3. The number of carbonyl (C=O) groups is 2. The highest BCUT2D eigenvalue weighted by Gasteiger charge is 2.54. The summed E-state index contributed by atoms with van der Waals surface area (Å²) in [6.45, 7) is 2.26. The average molecular weight is 527 g/mol. The van der Waals surface area contributed by atoms with E-state index in [1.165, 1.54) is 23.1 Å². The number of nitrogens with two attached hydrogens (primary N) is 1. The third-order valence-electron chi connectivity index (χ3n) is 7.49. The topological polar surface area (TPSA) is 72.6 Å². The average Bonchev–Trinajstić information content (AvgIpc) is 3.23. The van der Waals surface area contributed by atoms with Crippen LogP contribution in [0, 0.1) is 23.6 Å². The van der Waals surface area contributed by atoms with Crippen molar-refractivity contribution in [2.75, 3.05) is 11.9 Å². The van der Waals surface area contributed by atoms with Gasteiger partial charge in [-0.2, -0.15) is 0 Å². The lowest BCUT2D eigenvalue weighted by Crippen LogP contribution is -2.28. The molecule has 2 atom stereocenters. The van der Waals surface area contributed by atoms with E-state index in [0.29, 0.717) is 45.0 Å². The number of anilines is 1. The van der Waals surface area contributed by atoms with Crippen molar-refractivity contribution < 1.29 is 18.7 Å². The van der Waals surface area contributed by atoms with E-state index in [0.717, 1.165) is 18.8 Å². The first-order valence-electron chi connectivity index (χ1n) is 11.8. The molecule has 0 saturated heterocycles. The first-order chi connectivity index (χ1) is 17.2. The van der Waals surface area contributed by atoms with Crippen LogP contribution in [0.5, 0.6) is 5.75 Å². The van der Waals surface area contributed by atoms with Gasteiger partial charge in [0.25, 0.3) is 5.91 Å². The Labute approximate surface area is 218 Å². The second kappa shape index (κ2) is 9.41. The number of hydrogen-bond donors (Lipinski definition) is 1. The summed E-state index contributed by atoms with van der Waals surface area (Å²) in [5.41, 5.74) is 7.36. The summed E-state index contributed by atoms with van der Waals surface area (Å²) in [5, 5.41) is 0.475. The van der Waals surface area contributed by atoms with Crippen LogP contribution >= 0.6 is 23.2 Å². The van der Waals surface area contributed by atoms with Gasteiger partial charge in [0.15, 0.2) is 0 Å². The van der Waals surface area contributed by atoms with Crippen molar-refractivity contribution in [1.29, 1.82) is 0 Å². The van der Waals surface area contributed by atoms with Crippen LogP contribution < -0.4 is 15.4 Å². The van der Waals surface area contributed by atoms with Crippen molar-refractivity contribution in [3.63, 3.8) is 0 Å². The van der Waals surface area contributed by atoms with Gasteiger partial charge in [-0.05, 0) is 78.6 Å². The molecular weight excluding hydrogens is 502 g/mol. The Kier molecular flexibility index (Phi) is 6.43. The number of halogens is 3. The molecule has 2 N–H and O–H groups in total. The smallest absolute Gasteiger partial charge is 0.262 e. The SMILES string of the molecule is CC1C2CC(Oc3cc(-c4cc(C(N)=O)ccc4Cl)ccc3N(C)C(=O)c3c(F)cccc3Cl)CC12. The molecule has 0 aliphatic heterocycles. The molecule has 5 rings (SSSR count). The van der Waals surface area contributed by atoms with Crippen molar-refractivity contribution in [3.8, 4) is 16.9 Å². The molecular formula is C28H25Cl2FN2O3. The lowest BCUT2D eigenvalue weighted by molar-refractivity contribution is 0.0983. The molecule has 2 saturated carbocycles. The number of rotatable bonds is 6. The van der Waals surface area contributed by atoms with E-state index in [9.17, 15) is 14.0 Å². The summed E-state index contributed by atoms with van der Waals surface area (Å²) in [4.78, 5) is 26.3. The zero-order valence-corrected chi connectivity index (χ0v) is 21.3. The quantitative estimate of drug-likeness (QED) is 0.393. The van der Waals surface area contributed by atoms with Gasteiger partial charge in [-0.1, -0.05) is 42.3 Å². The standard InChI is InChI=1S/C28H25Cl2FN2O3/c1-14-18-12-17(13-19(14)18)36-25-11-15(20-10-16(27(32)34)6-8-21(20)29)7-9-24(25)33(2)28(35)26-22(30)4-3-5-23(26)31/h3-11,14,17-19H,12-13H2,1-2H3,(H2,32,34). The fourth-order valence-electron chi connectivity index (χ4n) is 5.33. The Morgan fingerprint density at radius 2 is 1.75 bits per heavy atom. The number of ether oxygens (including phenoxy) is 1. The highest BCUT2D eigenvalue weighted by molar-refractivity contribution is 6.34. The van der Waals surface area contributed by atoms with Crippen molar-refractivity contribution in [3.05, 3.63) is 81.6 Å². The number of amides is 2. The monoisotopic (exact) mass is 526 g/mol. The number of carbonyl (C=O) groups excluding carboxylic acids is 2. The second-order valence-corrected chi connectivity index (χ2v) is 10.4. The lowest BCUT2D eigenvalue weighted by Gasteiger charge is -2.25. The van der Waals surface area contributed by atoms with Gasteiger partial charge in [0.05, 0.1) is 22.4 Å². The third-order valence-corrected chi connectivity index (χ3v) is 8.13. The molecule has 0 radical (unpaired) electrons. The molecule has 8 heteroatoms. The second-order valence-electron chi connectivity index (χ2n) is 9.60. The van der Waals surface area contributed by atoms with E-state index in [1.54, 1.807) is 43.4 Å². The summed E-state index contributed by atoms with van der Waals surface area (Å²) >= 11 is 12.6. The summed E-state index contributed by atoms with van der Waals surface area (Å²) in [5.74, 6) is 0.673. The highest BCUT2D eigenvalue weighted by atomic mass is 35.5. The molecule has 2 aliphatic rings. The normalized spacial score (nSPS) is 22.1. The van der Waals surface area contributed by atoms with Crippen LogP contribution in [-0.2, 0) is 0 Å². The Balaban J connectivity index is 1.54. The van der Waals surface area contributed by atoms with Crippen LogP contribution in [0.3, 0.4) is 0 Å². The van der Waals surface area contributed by atoms with Crippen LogP contribution in [0.25, 0.3) is 11.1 Å². The van der Waals surface area contributed by atoms with Gasteiger partial charge in [0.1, 0.15) is 11.6 Å². The summed E-state index contributed by atoms with van der Waals surface area (Å²) in [7, 11) is 1.56. The van der Waals surface area contributed by atoms with Crippen molar-refractivity contribution >= 4 is 40.7 Å². The molecule has 0 spiro atoms. The van der Waals surface area contributed by atoms with Crippen LogP contribution in [-0.4, -0.2) is 25.0 Å². The van der Waals surface area contributed by atoms with E-state index in [4.69, 9.17) is 33.7 Å². The van der Waals surface area contributed by atoms with Crippen LogP contribution in [0.1, 0.15) is 40.5 Å². The highest BCUT2D eigenvalue weighted by Crippen LogP contribution is 2.58. The Morgan fingerprint density at radius 1 is 1.03 bits per heavy atom. The lowest BCUT2D eigenvalue weighted by atomic mass is 10.0. The maximum absolute atomic E-state index is 14.5. The van der Waals surface area contributed by atoms with Gasteiger partial charge in [-0.3, -0.25) is 9.59 Å². The number of fused-ring (bicyclic) bond motifs is 1. The zero-order valence-electron chi connectivity index (χ0n) is 19.8. The molecule has 3 aromatic rings. The predicted octanol–water partition coefficient (Wildman–Crippen LogP) is 6.60. The van der Waals surface area contributed by atoms with E-state index < -0.39 is 17.6 Å². The maximum Gasteiger partial charge on any atom is 0.262 e.